The number of hydrogen-bond acceptors (Lipinski definition) is 6. The Balaban J connectivity index is 2.21. The molecule has 2 heterocycles. The SMILES string of the molecule is CNCc1scc(C)c1S(=O)(=O)NCc1ccno1. The van der Waals surface area contributed by atoms with Crippen molar-refractivity contribution in [3.63, 3.8) is 0 Å². The molecule has 2 N–H and O–H groups in total. The fraction of sp³-hybridized carbons (Fsp3) is 0.364. The van der Waals surface area contributed by atoms with Gasteiger partial charge in [-0.25, -0.2) is 13.1 Å². The summed E-state index contributed by atoms with van der Waals surface area (Å²) in [6.07, 6.45) is 1.48. The van der Waals surface area contributed by atoms with Gasteiger partial charge < -0.3 is 9.84 Å². The first kappa shape index (κ1) is 14.2. The maximum Gasteiger partial charge on any atom is 0.242 e. The van der Waals surface area contributed by atoms with E-state index in [1.54, 1.807) is 20.0 Å². The maximum absolute atomic E-state index is 12.3. The predicted octanol–water partition coefficient (Wildman–Crippen LogP) is 1.24. The normalized spacial score (nSPS) is 11.9. The quantitative estimate of drug-likeness (QED) is 0.838. The number of nitrogens with zero attached hydrogens (tertiary/aromatic N) is 1. The largest absolute Gasteiger partial charge is 0.360 e. The van der Waals surface area contributed by atoms with Crippen LogP contribution >= 0.6 is 11.3 Å². The number of thiophene rings is 1. The molecule has 0 saturated carbocycles. The van der Waals surface area contributed by atoms with Gasteiger partial charge in [0.25, 0.3) is 0 Å². The Morgan fingerprint density at radius 2 is 2.21 bits per heavy atom. The Labute approximate surface area is 115 Å². The van der Waals surface area contributed by atoms with Gasteiger partial charge in [0.15, 0.2) is 5.76 Å². The summed E-state index contributed by atoms with van der Waals surface area (Å²) in [4.78, 5) is 1.15. The molecule has 0 aliphatic rings. The van der Waals surface area contributed by atoms with Gasteiger partial charge in [0.1, 0.15) is 4.90 Å². The van der Waals surface area contributed by atoms with Crippen molar-refractivity contribution in [2.24, 2.45) is 0 Å². The van der Waals surface area contributed by atoms with Crippen LogP contribution < -0.4 is 10.0 Å². The molecule has 104 valence electrons. The second-order valence-electron chi connectivity index (χ2n) is 4.00. The van der Waals surface area contributed by atoms with Crippen LogP contribution in [0, 0.1) is 6.92 Å². The maximum atomic E-state index is 12.3. The van der Waals surface area contributed by atoms with Crippen LogP contribution in [0.25, 0.3) is 0 Å². The molecule has 0 atom stereocenters. The van der Waals surface area contributed by atoms with Crippen LogP contribution in [0.5, 0.6) is 0 Å². The fourth-order valence-corrected chi connectivity index (χ4v) is 4.51. The van der Waals surface area contributed by atoms with Crippen LogP contribution in [0.3, 0.4) is 0 Å². The minimum Gasteiger partial charge on any atom is -0.360 e. The number of hydrogen-bond donors (Lipinski definition) is 2. The molecule has 2 aromatic rings. The predicted molar refractivity (Wildman–Crippen MR) is 72.3 cm³/mol. The van der Waals surface area contributed by atoms with E-state index in [0.29, 0.717) is 17.2 Å². The van der Waals surface area contributed by atoms with E-state index in [2.05, 4.69) is 15.2 Å². The molecule has 0 saturated heterocycles. The number of sulfonamides is 1. The lowest BCUT2D eigenvalue weighted by atomic mass is 10.3. The fourth-order valence-electron chi connectivity index (χ4n) is 1.70. The van der Waals surface area contributed by atoms with Gasteiger partial charge >= 0.3 is 0 Å². The van der Waals surface area contributed by atoms with E-state index < -0.39 is 10.0 Å². The van der Waals surface area contributed by atoms with Gasteiger partial charge in [-0.05, 0) is 24.9 Å². The highest BCUT2D eigenvalue weighted by Crippen LogP contribution is 2.26. The van der Waals surface area contributed by atoms with Crippen molar-refractivity contribution in [3.05, 3.63) is 33.8 Å². The zero-order valence-electron chi connectivity index (χ0n) is 10.6. The molecular formula is C11H15N3O3S2. The molecule has 8 heteroatoms. The summed E-state index contributed by atoms with van der Waals surface area (Å²) in [6, 6.07) is 1.62. The first-order valence-electron chi connectivity index (χ1n) is 5.65. The summed E-state index contributed by atoms with van der Waals surface area (Å²) >= 11 is 1.43. The van der Waals surface area contributed by atoms with E-state index in [9.17, 15) is 8.42 Å². The van der Waals surface area contributed by atoms with Crippen LogP contribution in [-0.2, 0) is 23.1 Å². The van der Waals surface area contributed by atoms with E-state index in [-0.39, 0.29) is 6.54 Å². The van der Waals surface area contributed by atoms with E-state index in [4.69, 9.17) is 4.52 Å². The Bertz CT molecular complexity index is 632. The molecular weight excluding hydrogens is 286 g/mol. The van der Waals surface area contributed by atoms with Crippen LogP contribution in [0.4, 0.5) is 0 Å². The lowest BCUT2D eigenvalue weighted by Crippen LogP contribution is -2.24. The van der Waals surface area contributed by atoms with Gasteiger partial charge in [-0.3, -0.25) is 0 Å². The minimum absolute atomic E-state index is 0.0939. The standard InChI is InChI=1S/C11H15N3O3S2/c1-8-7-18-10(6-12-2)11(8)19(15,16)14-5-9-3-4-13-17-9/h3-4,7,12,14H,5-6H2,1-2H3. The molecule has 19 heavy (non-hydrogen) atoms. The third kappa shape index (κ3) is 3.21. The van der Waals surface area contributed by atoms with Crippen molar-refractivity contribution in [1.82, 2.24) is 15.2 Å². The molecule has 0 fully saturated rings. The monoisotopic (exact) mass is 301 g/mol. The highest BCUT2D eigenvalue weighted by atomic mass is 32.2. The highest BCUT2D eigenvalue weighted by molar-refractivity contribution is 7.89. The van der Waals surface area contributed by atoms with Crippen molar-refractivity contribution in [1.29, 1.82) is 0 Å². The van der Waals surface area contributed by atoms with Gasteiger partial charge in [-0.15, -0.1) is 11.3 Å². The Kier molecular flexibility index (Phi) is 4.35. The second kappa shape index (κ2) is 5.83. The van der Waals surface area contributed by atoms with Crippen LogP contribution in [0.15, 0.2) is 27.1 Å². The topological polar surface area (TPSA) is 84.2 Å². The summed E-state index contributed by atoms with van der Waals surface area (Å²) in [5, 5.41) is 8.34. The lowest BCUT2D eigenvalue weighted by Gasteiger charge is -2.07. The van der Waals surface area contributed by atoms with Gasteiger partial charge in [0, 0.05) is 17.5 Å². The summed E-state index contributed by atoms with van der Waals surface area (Å²) in [6.45, 7) is 2.41. The van der Waals surface area contributed by atoms with Gasteiger partial charge in [0.05, 0.1) is 12.7 Å². The van der Waals surface area contributed by atoms with Crippen molar-refractivity contribution >= 4 is 21.4 Å². The average Bonchev–Trinajstić information content (AvgIpc) is 2.97. The third-order valence-corrected chi connectivity index (χ3v) is 5.39. The molecule has 0 amide bonds. The average molecular weight is 301 g/mol. The van der Waals surface area contributed by atoms with Gasteiger partial charge in [-0.1, -0.05) is 5.16 Å². The smallest absolute Gasteiger partial charge is 0.242 e. The van der Waals surface area contributed by atoms with E-state index in [1.165, 1.54) is 17.5 Å². The number of aryl methyl sites for hydroxylation is 1. The Hall–Kier alpha value is -1.22. The first-order chi connectivity index (χ1) is 9.04. The summed E-state index contributed by atoms with van der Waals surface area (Å²) in [5.41, 5.74) is 0.750. The van der Waals surface area contributed by atoms with E-state index in [1.807, 2.05) is 5.38 Å². The van der Waals surface area contributed by atoms with Crippen LogP contribution in [0.2, 0.25) is 0 Å². The Morgan fingerprint density at radius 1 is 1.42 bits per heavy atom. The van der Waals surface area contributed by atoms with Gasteiger partial charge in [-0.2, -0.15) is 0 Å². The molecule has 6 nitrogen and oxygen atoms in total. The van der Waals surface area contributed by atoms with Crippen molar-refractivity contribution in [3.8, 4) is 0 Å². The Morgan fingerprint density at radius 3 is 2.84 bits per heavy atom. The van der Waals surface area contributed by atoms with Crippen molar-refractivity contribution in [2.75, 3.05) is 7.05 Å². The molecule has 0 spiro atoms. The summed E-state index contributed by atoms with van der Waals surface area (Å²) in [5.74, 6) is 0.478. The van der Waals surface area contributed by atoms with Gasteiger partial charge in [0.2, 0.25) is 10.0 Å². The van der Waals surface area contributed by atoms with E-state index >= 15 is 0 Å². The molecule has 2 aromatic heterocycles. The summed E-state index contributed by atoms with van der Waals surface area (Å²) < 4.78 is 32.0. The highest BCUT2D eigenvalue weighted by Gasteiger charge is 2.22. The van der Waals surface area contributed by atoms with Crippen molar-refractivity contribution < 1.29 is 12.9 Å². The molecule has 0 bridgehead atoms. The van der Waals surface area contributed by atoms with E-state index in [0.717, 1.165) is 10.4 Å². The van der Waals surface area contributed by atoms with Crippen molar-refractivity contribution in [2.45, 2.75) is 24.9 Å². The minimum atomic E-state index is -3.54. The summed E-state index contributed by atoms with van der Waals surface area (Å²) in [7, 11) is -1.76. The third-order valence-electron chi connectivity index (χ3n) is 2.52. The first-order valence-corrected chi connectivity index (χ1v) is 8.01. The lowest BCUT2D eigenvalue weighted by molar-refractivity contribution is 0.380. The van der Waals surface area contributed by atoms with Crippen LogP contribution in [-0.4, -0.2) is 20.6 Å². The molecule has 0 aliphatic heterocycles. The zero-order chi connectivity index (χ0) is 13.9. The molecule has 0 unspecified atom stereocenters. The molecule has 0 radical (unpaired) electrons. The number of nitrogens with one attached hydrogen (secondary N) is 2. The second-order valence-corrected chi connectivity index (χ2v) is 6.67. The number of rotatable bonds is 6. The number of aromatic nitrogens is 1. The zero-order valence-corrected chi connectivity index (χ0v) is 12.3. The molecule has 0 aromatic carbocycles. The van der Waals surface area contributed by atoms with Crippen LogP contribution in [0.1, 0.15) is 16.2 Å². The molecule has 2 rings (SSSR count). The molecule has 0 aliphatic carbocycles.